The molecule has 1 aliphatic rings. The van der Waals surface area contributed by atoms with Crippen molar-refractivity contribution >= 4 is 34.7 Å². The number of hydrogen-bond acceptors (Lipinski definition) is 7. The Kier molecular flexibility index (Phi) is 6.65. The van der Waals surface area contributed by atoms with Crippen LogP contribution in [0.2, 0.25) is 0 Å². The Morgan fingerprint density at radius 1 is 1.10 bits per heavy atom. The van der Waals surface area contributed by atoms with Crippen molar-refractivity contribution in [3.05, 3.63) is 77.1 Å². The number of carbonyl (C=O) groups excluding carboxylic acids is 1. The highest BCUT2D eigenvalue weighted by atomic mass is 32.1. The number of carboxylic acid groups (broad SMARTS) is 1. The van der Waals surface area contributed by atoms with Gasteiger partial charge in [-0.25, -0.2) is 24.0 Å². The Labute approximate surface area is 228 Å². The molecule has 1 amide bonds. The van der Waals surface area contributed by atoms with Crippen molar-refractivity contribution in [2.45, 2.75) is 39.2 Å². The number of carboxylic acids is 1. The topological polar surface area (TPSA) is 119 Å². The Bertz CT molecular complexity index is 1580. The summed E-state index contributed by atoms with van der Waals surface area (Å²) in [6.45, 7) is 2.38. The monoisotopic (exact) mass is 541 g/mol. The van der Waals surface area contributed by atoms with Gasteiger partial charge in [0.25, 0.3) is 0 Å². The van der Waals surface area contributed by atoms with E-state index in [1.165, 1.54) is 27.1 Å². The standard InChI is InChI=1S/C28H27N7O3S/c1-18-3-5-20(6-4-18)27(36)33(14-21-16-39-17-30-21)26-23(28(37)38)15-35(32-26)22-9-7-19(8-10-22)24-13-25-29-11-2-12-34(25)31-24/h2,7-13,15-18,20H,3-6,14H2,1H3,(H,37,38)/t18-,20-. The number of anilines is 1. The van der Waals surface area contributed by atoms with Gasteiger partial charge in [0.15, 0.2) is 11.5 Å². The summed E-state index contributed by atoms with van der Waals surface area (Å²) in [7, 11) is 0. The summed E-state index contributed by atoms with van der Waals surface area (Å²) < 4.78 is 3.22. The molecule has 4 aromatic heterocycles. The SMILES string of the molecule is C[C@H]1CC[C@H](C(=O)N(Cc2cscn2)c2nn(-c3ccc(-c4cc5ncccn5n4)cc3)cc2C(=O)O)CC1. The first-order valence-corrected chi connectivity index (χ1v) is 13.8. The first kappa shape index (κ1) is 24.9. The van der Waals surface area contributed by atoms with E-state index in [2.05, 4.69) is 27.1 Å². The van der Waals surface area contributed by atoms with Crippen LogP contribution >= 0.6 is 11.3 Å². The second kappa shape index (κ2) is 10.4. The van der Waals surface area contributed by atoms with Crippen LogP contribution in [0.15, 0.2) is 65.9 Å². The van der Waals surface area contributed by atoms with Gasteiger partial charge in [-0.05, 0) is 49.8 Å². The molecule has 0 atom stereocenters. The highest BCUT2D eigenvalue weighted by Crippen LogP contribution is 2.33. The van der Waals surface area contributed by atoms with Gasteiger partial charge in [-0.1, -0.05) is 19.1 Å². The molecule has 0 aliphatic heterocycles. The number of fused-ring (bicyclic) bond motifs is 1. The predicted octanol–water partition coefficient (Wildman–Crippen LogP) is 5.10. The molecule has 10 nitrogen and oxygen atoms in total. The normalized spacial score (nSPS) is 17.4. The fraction of sp³-hybridized carbons (Fsp3) is 0.286. The van der Waals surface area contributed by atoms with Crippen LogP contribution < -0.4 is 4.90 Å². The van der Waals surface area contributed by atoms with Gasteiger partial charge >= 0.3 is 5.97 Å². The lowest BCUT2D eigenvalue weighted by atomic mass is 9.82. The molecule has 39 heavy (non-hydrogen) atoms. The Hall–Kier alpha value is -4.38. The lowest BCUT2D eigenvalue weighted by Gasteiger charge is -2.30. The summed E-state index contributed by atoms with van der Waals surface area (Å²) in [6.07, 6.45) is 8.56. The molecule has 0 radical (unpaired) electrons. The second-order valence-corrected chi connectivity index (χ2v) is 10.7. The van der Waals surface area contributed by atoms with Crippen LogP contribution in [0.1, 0.15) is 48.7 Å². The van der Waals surface area contributed by atoms with Crippen molar-refractivity contribution in [2.75, 3.05) is 4.90 Å². The van der Waals surface area contributed by atoms with Crippen molar-refractivity contribution in [1.29, 1.82) is 0 Å². The van der Waals surface area contributed by atoms with Crippen LogP contribution in [0, 0.1) is 11.8 Å². The molecule has 0 bridgehead atoms. The zero-order valence-electron chi connectivity index (χ0n) is 21.3. The highest BCUT2D eigenvalue weighted by Gasteiger charge is 2.33. The van der Waals surface area contributed by atoms with E-state index in [-0.39, 0.29) is 29.8 Å². The summed E-state index contributed by atoms with van der Waals surface area (Å²) in [6, 6.07) is 11.2. The fourth-order valence-corrected chi connectivity index (χ4v) is 5.62. The number of carbonyl (C=O) groups is 2. The van der Waals surface area contributed by atoms with Crippen molar-refractivity contribution < 1.29 is 14.7 Å². The van der Waals surface area contributed by atoms with E-state index in [9.17, 15) is 14.7 Å². The van der Waals surface area contributed by atoms with E-state index < -0.39 is 5.97 Å². The van der Waals surface area contributed by atoms with Crippen molar-refractivity contribution in [1.82, 2.24) is 29.4 Å². The number of aromatic nitrogens is 6. The van der Waals surface area contributed by atoms with E-state index in [4.69, 9.17) is 0 Å². The first-order chi connectivity index (χ1) is 19.0. The van der Waals surface area contributed by atoms with E-state index in [1.807, 2.05) is 48.0 Å². The second-order valence-electron chi connectivity index (χ2n) is 9.98. The number of aromatic carboxylic acids is 1. The number of thiazole rings is 1. The van der Waals surface area contributed by atoms with E-state index in [0.717, 1.165) is 42.6 Å². The summed E-state index contributed by atoms with van der Waals surface area (Å²) in [5.41, 5.74) is 5.46. The predicted molar refractivity (Wildman–Crippen MR) is 147 cm³/mol. The van der Waals surface area contributed by atoms with Crippen molar-refractivity contribution in [3.63, 3.8) is 0 Å². The van der Waals surface area contributed by atoms with Gasteiger partial charge < -0.3 is 5.11 Å². The van der Waals surface area contributed by atoms with Gasteiger partial charge in [0.2, 0.25) is 5.91 Å². The van der Waals surface area contributed by atoms with Crippen LogP contribution in [0.25, 0.3) is 22.6 Å². The minimum atomic E-state index is -1.14. The maximum atomic E-state index is 13.8. The minimum absolute atomic E-state index is 0.0294. The third-order valence-electron chi connectivity index (χ3n) is 7.28. The molecule has 11 heteroatoms. The minimum Gasteiger partial charge on any atom is -0.477 e. The van der Waals surface area contributed by atoms with Gasteiger partial charge in [-0.15, -0.1) is 16.4 Å². The van der Waals surface area contributed by atoms with Gasteiger partial charge in [-0.3, -0.25) is 9.69 Å². The summed E-state index contributed by atoms with van der Waals surface area (Å²) in [4.78, 5) is 36.3. The molecule has 1 saturated carbocycles. The molecule has 1 N–H and O–H groups in total. The van der Waals surface area contributed by atoms with E-state index in [0.29, 0.717) is 17.3 Å². The number of benzene rings is 1. The quantitative estimate of drug-likeness (QED) is 0.305. The van der Waals surface area contributed by atoms with Crippen molar-refractivity contribution in [3.8, 4) is 16.9 Å². The molecule has 0 saturated heterocycles. The lowest BCUT2D eigenvalue weighted by Crippen LogP contribution is -2.38. The molecule has 1 aliphatic carbocycles. The number of amides is 1. The van der Waals surface area contributed by atoms with Crippen LogP contribution in [0.4, 0.5) is 5.82 Å². The van der Waals surface area contributed by atoms with Gasteiger partial charge in [-0.2, -0.15) is 5.10 Å². The number of hydrogen-bond donors (Lipinski definition) is 1. The van der Waals surface area contributed by atoms with Crippen LogP contribution in [-0.2, 0) is 11.3 Å². The number of nitrogens with zero attached hydrogens (tertiary/aromatic N) is 7. The number of rotatable bonds is 7. The maximum Gasteiger partial charge on any atom is 0.341 e. The highest BCUT2D eigenvalue weighted by molar-refractivity contribution is 7.07. The summed E-state index contributed by atoms with van der Waals surface area (Å²) in [5.74, 6) is -0.674. The van der Waals surface area contributed by atoms with Crippen LogP contribution in [0.3, 0.4) is 0 Å². The average molecular weight is 542 g/mol. The van der Waals surface area contributed by atoms with Gasteiger partial charge in [0.05, 0.1) is 29.1 Å². The molecule has 5 aromatic rings. The third kappa shape index (κ3) is 5.05. The smallest absolute Gasteiger partial charge is 0.341 e. The van der Waals surface area contributed by atoms with E-state index >= 15 is 0 Å². The van der Waals surface area contributed by atoms with Gasteiger partial charge in [0.1, 0.15) is 5.56 Å². The summed E-state index contributed by atoms with van der Waals surface area (Å²) >= 11 is 1.44. The third-order valence-corrected chi connectivity index (χ3v) is 7.91. The molecular weight excluding hydrogens is 514 g/mol. The lowest BCUT2D eigenvalue weighted by molar-refractivity contribution is -0.123. The zero-order valence-corrected chi connectivity index (χ0v) is 22.2. The van der Waals surface area contributed by atoms with Gasteiger partial charge in [0, 0.05) is 41.5 Å². The molecule has 4 heterocycles. The average Bonchev–Trinajstić information content (AvgIpc) is 3.71. The fourth-order valence-electron chi connectivity index (χ4n) is 5.07. The Morgan fingerprint density at radius 3 is 2.59 bits per heavy atom. The molecule has 1 aromatic carbocycles. The molecule has 6 rings (SSSR count). The summed E-state index contributed by atoms with van der Waals surface area (Å²) in [5, 5.41) is 21.1. The molecule has 198 valence electrons. The van der Waals surface area contributed by atoms with E-state index in [1.54, 1.807) is 16.2 Å². The largest absolute Gasteiger partial charge is 0.477 e. The maximum absolute atomic E-state index is 13.8. The zero-order chi connectivity index (χ0) is 26.9. The molecular formula is C28H27N7O3S. The first-order valence-electron chi connectivity index (χ1n) is 12.9. The Balaban J connectivity index is 1.33. The molecule has 0 unspecified atom stereocenters. The van der Waals surface area contributed by atoms with Crippen LogP contribution in [0.5, 0.6) is 0 Å². The molecule has 1 fully saturated rings. The molecule has 0 spiro atoms. The Morgan fingerprint density at radius 2 is 1.90 bits per heavy atom. The van der Waals surface area contributed by atoms with Crippen LogP contribution in [-0.4, -0.2) is 46.3 Å². The van der Waals surface area contributed by atoms with Crippen molar-refractivity contribution in [2.24, 2.45) is 11.8 Å².